The second kappa shape index (κ2) is 3.49. The van der Waals surface area contributed by atoms with E-state index in [0.717, 1.165) is 11.8 Å². The third kappa shape index (κ3) is 1.59. The zero-order valence-electron chi connectivity index (χ0n) is 7.30. The van der Waals surface area contributed by atoms with Gasteiger partial charge in [-0.3, -0.25) is 4.79 Å². The first-order chi connectivity index (χ1) is 6.79. The molecule has 0 spiro atoms. The van der Waals surface area contributed by atoms with E-state index in [2.05, 4.69) is 4.74 Å². The Labute approximate surface area is 80.4 Å². The molecule has 1 aromatic rings. The lowest BCUT2D eigenvalue weighted by molar-refractivity contribution is 0.112. The zero-order valence-corrected chi connectivity index (χ0v) is 7.30. The average molecular weight is 192 g/mol. The number of aldehydes is 1. The Hall–Kier alpha value is -1.84. The third-order valence-corrected chi connectivity index (χ3v) is 2.01. The van der Waals surface area contributed by atoms with Crippen LogP contribution >= 0.6 is 0 Å². The molecule has 1 saturated heterocycles. The van der Waals surface area contributed by atoms with E-state index in [-0.39, 0.29) is 12.7 Å². The first-order valence-corrected chi connectivity index (χ1v) is 4.18. The number of hydrogen-bond acceptors (Lipinski definition) is 4. The number of carbonyl (C=O) groups excluding carboxylic acids is 2. The van der Waals surface area contributed by atoms with Crippen LogP contribution in [-0.2, 0) is 9.47 Å². The quantitative estimate of drug-likeness (QED) is 0.528. The highest BCUT2D eigenvalue weighted by atomic mass is 16.8. The molecule has 1 aliphatic heterocycles. The van der Waals surface area contributed by atoms with Gasteiger partial charge < -0.3 is 9.47 Å². The molecule has 4 heteroatoms. The van der Waals surface area contributed by atoms with Gasteiger partial charge in [0, 0.05) is 5.56 Å². The van der Waals surface area contributed by atoms with Gasteiger partial charge in [-0.15, -0.1) is 0 Å². The van der Waals surface area contributed by atoms with E-state index >= 15 is 0 Å². The highest BCUT2D eigenvalue weighted by Gasteiger charge is 2.26. The summed E-state index contributed by atoms with van der Waals surface area (Å²) in [4.78, 5) is 21.2. The summed E-state index contributed by atoms with van der Waals surface area (Å²) < 4.78 is 9.51. The zero-order chi connectivity index (χ0) is 9.97. The van der Waals surface area contributed by atoms with Gasteiger partial charge in [0.25, 0.3) is 0 Å². The number of rotatable bonds is 2. The molecule has 0 aliphatic carbocycles. The summed E-state index contributed by atoms with van der Waals surface area (Å²) >= 11 is 0. The minimum atomic E-state index is -0.661. The molecule has 0 saturated carbocycles. The molecule has 0 aromatic heterocycles. The predicted molar refractivity (Wildman–Crippen MR) is 47.0 cm³/mol. The summed E-state index contributed by atoms with van der Waals surface area (Å²) in [5.41, 5.74) is 1.34. The van der Waals surface area contributed by atoms with Crippen molar-refractivity contribution >= 4 is 12.4 Å². The fourth-order valence-electron chi connectivity index (χ4n) is 1.32. The fraction of sp³-hybridized carbons (Fsp3) is 0.200. The molecule has 0 N–H and O–H groups in total. The van der Waals surface area contributed by atoms with Crippen molar-refractivity contribution in [1.29, 1.82) is 0 Å². The van der Waals surface area contributed by atoms with Crippen LogP contribution in [-0.4, -0.2) is 19.0 Å². The summed E-state index contributed by atoms with van der Waals surface area (Å²) in [5, 5.41) is 0. The van der Waals surface area contributed by atoms with E-state index in [9.17, 15) is 9.59 Å². The van der Waals surface area contributed by atoms with E-state index in [1.54, 1.807) is 24.3 Å². The molecule has 14 heavy (non-hydrogen) atoms. The first kappa shape index (κ1) is 8.74. The number of carbonyl (C=O) groups is 2. The van der Waals surface area contributed by atoms with Gasteiger partial charge in [-0.05, 0) is 11.6 Å². The lowest BCUT2D eigenvalue weighted by Crippen LogP contribution is -2.00. The van der Waals surface area contributed by atoms with Crippen molar-refractivity contribution < 1.29 is 19.1 Å². The molecule has 1 heterocycles. The molecule has 4 nitrogen and oxygen atoms in total. The summed E-state index contributed by atoms with van der Waals surface area (Å²) in [7, 11) is 0. The van der Waals surface area contributed by atoms with E-state index < -0.39 is 6.16 Å². The first-order valence-electron chi connectivity index (χ1n) is 4.18. The van der Waals surface area contributed by atoms with E-state index in [4.69, 9.17) is 4.74 Å². The van der Waals surface area contributed by atoms with Crippen molar-refractivity contribution in [3.63, 3.8) is 0 Å². The van der Waals surface area contributed by atoms with Crippen molar-refractivity contribution in [2.24, 2.45) is 0 Å². The Morgan fingerprint density at radius 1 is 1.43 bits per heavy atom. The summed E-state index contributed by atoms with van der Waals surface area (Å²) in [6, 6.07) is 6.90. The number of benzene rings is 1. The summed E-state index contributed by atoms with van der Waals surface area (Å²) in [6.07, 6.45) is -0.296. The molecule has 1 aliphatic rings. The van der Waals surface area contributed by atoms with Gasteiger partial charge in [0.2, 0.25) is 0 Å². The van der Waals surface area contributed by atoms with E-state index in [1.807, 2.05) is 0 Å². The van der Waals surface area contributed by atoms with Crippen molar-refractivity contribution in [3.8, 4) is 0 Å². The molecule has 1 unspecified atom stereocenters. The smallest absolute Gasteiger partial charge is 0.430 e. The van der Waals surface area contributed by atoms with Gasteiger partial charge in [0.1, 0.15) is 12.9 Å². The van der Waals surface area contributed by atoms with Crippen LogP contribution in [0.1, 0.15) is 22.0 Å². The average Bonchev–Trinajstić information content (AvgIpc) is 2.65. The SMILES string of the molecule is O=Cc1cccc(C2COC(=O)O2)c1. The van der Waals surface area contributed by atoms with Gasteiger partial charge in [-0.1, -0.05) is 18.2 Å². The Morgan fingerprint density at radius 2 is 2.29 bits per heavy atom. The van der Waals surface area contributed by atoms with Gasteiger partial charge >= 0.3 is 6.16 Å². The van der Waals surface area contributed by atoms with Crippen LogP contribution in [0.5, 0.6) is 0 Å². The van der Waals surface area contributed by atoms with E-state index in [1.165, 1.54) is 0 Å². The number of ether oxygens (including phenoxy) is 2. The van der Waals surface area contributed by atoms with Crippen molar-refractivity contribution in [2.45, 2.75) is 6.10 Å². The molecule has 2 rings (SSSR count). The maximum atomic E-state index is 10.7. The topological polar surface area (TPSA) is 52.6 Å². The molecule has 0 radical (unpaired) electrons. The van der Waals surface area contributed by atoms with Crippen LogP contribution in [0.15, 0.2) is 24.3 Å². The van der Waals surface area contributed by atoms with Gasteiger partial charge in [0.15, 0.2) is 6.10 Å². The molecule has 1 aromatic carbocycles. The lowest BCUT2D eigenvalue weighted by atomic mass is 10.1. The van der Waals surface area contributed by atoms with Crippen molar-refractivity contribution in [3.05, 3.63) is 35.4 Å². The minimum Gasteiger partial charge on any atom is -0.430 e. The molecular weight excluding hydrogens is 184 g/mol. The normalized spacial score (nSPS) is 20.0. The fourth-order valence-corrected chi connectivity index (χ4v) is 1.32. The van der Waals surface area contributed by atoms with Gasteiger partial charge in [0.05, 0.1) is 0 Å². The van der Waals surface area contributed by atoms with Crippen LogP contribution < -0.4 is 0 Å². The standard InChI is InChI=1S/C10H8O4/c11-5-7-2-1-3-8(4-7)9-6-13-10(12)14-9/h1-5,9H,6H2. The highest BCUT2D eigenvalue weighted by Crippen LogP contribution is 2.23. The molecule has 1 atom stereocenters. The maximum Gasteiger partial charge on any atom is 0.509 e. The minimum absolute atomic E-state index is 0.209. The van der Waals surface area contributed by atoms with Crippen LogP contribution in [0.2, 0.25) is 0 Å². The lowest BCUT2D eigenvalue weighted by Gasteiger charge is -2.06. The maximum absolute atomic E-state index is 10.7. The van der Waals surface area contributed by atoms with Crippen molar-refractivity contribution in [1.82, 2.24) is 0 Å². The van der Waals surface area contributed by atoms with Gasteiger partial charge in [-0.25, -0.2) is 4.79 Å². The summed E-state index contributed by atoms with van der Waals surface area (Å²) in [5.74, 6) is 0. The third-order valence-electron chi connectivity index (χ3n) is 2.01. The Morgan fingerprint density at radius 3 is 2.93 bits per heavy atom. The molecule has 72 valence electrons. The monoisotopic (exact) mass is 192 g/mol. The number of hydrogen-bond donors (Lipinski definition) is 0. The predicted octanol–water partition coefficient (Wildman–Crippen LogP) is 1.71. The second-order valence-electron chi connectivity index (χ2n) is 2.96. The molecular formula is C10H8O4. The molecule has 0 amide bonds. The van der Waals surface area contributed by atoms with Crippen LogP contribution in [0.3, 0.4) is 0 Å². The summed E-state index contributed by atoms with van der Waals surface area (Å²) in [6.45, 7) is 0.209. The van der Waals surface area contributed by atoms with Crippen LogP contribution in [0.25, 0.3) is 0 Å². The number of cyclic esters (lactones) is 2. The molecule has 1 fully saturated rings. The largest absolute Gasteiger partial charge is 0.509 e. The van der Waals surface area contributed by atoms with E-state index in [0.29, 0.717) is 5.56 Å². The Bertz CT molecular complexity index is 372. The second-order valence-corrected chi connectivity index (χ2v) is 2.96. The van der Waals surface area contributed by atoms with Gasteiger partial charge in [-0.2, -0.15) is 0 Å². The Kier molecular flexibility index (Phi) is 2.18. The van der Waals surface area contributed by atoms with Crippen LogP contribution in [0, 0.1) is 0 Å². The highest BCUT2D eigenvalue weighted by molar-refractivity contribution is 5.75. The van der Waals surface area contributed by atoms with Crippen molar-refractivity contribution in [2.75, 3.05) is 6.61 Å². The molecule has 0 bridgehead atoms. The van der Waals surface area contributed by atoms with Crippen LogP contribution in [0.4, 0.5) is 4.79 Å². The Balaban J connectivity index is 2.23.